The standard InChI is InChI=1S/C12H20N4OS/c1-14-4-6-15(7-5-14)11-9-12(17)16(13-10-11)3-2-8-18/h9-10,18H,2-8H2,1H3. The molecule has 0 saturated carbocycles. The van der Waals surface area contributed by atoms with Gasteiger partial charge in [-0.1, -0.05) is 0 Å². The lowest BCUT2D eigenvalue weighted by molar-refractivity contribution is 0.312. The smallest absolute Gasteiger partial charge is 0.268 e. The van der Waals surface area contributed by atoms with E-state index in [-0.39, 0.29) is 5.56 Å². The summed E-state index contributed by atoms with van der Waals surface area (Å²) >= 11 is 4.14. The Labute approximate surface area is 113 Å². The van der Waals surface area contributed by atoms with Crippen LogP contribution in [-0.2, 0) is 6.54 Å². The molecular weight excluding hydrogens is 248 g/mol. The fraction of sp³-hybridized carbons (Fsp3) is 0.667. The molecule has 5 nitrogen and oxygen atoms in total. The van der Waals surface area contributed by atoms with Crippen LogP contribution in [0.15, 0.2) is 17.1 Å². The molecule has 1 aliphatic rings. The molecule has 0 spiro atoms. The van der Waals surface area contributed by atoms with Crippen LogP contribution in [0.3, 0.4) is 0 Å². The molecule has 0 radical (unpaired) electrons. The zero-order chi connectivity index (χ0) is 13.0. The first-order chi connectivity index (χ1) is 8.70. The first-order valence-electron chi connectivity index (χ1n) is 6.32. The van der Waals surface area contributed by atoms with Crippen molar-refractivity contribution < 1.29 is 0 Å². The Balaban J connectivity index is 2.06. The minimum absolute atomic E-state index is 0.0202. The summed E-state index contributed by atoms with van der Waals surface area (Å²) in [4.78, 5) is 16.4. The van der Waals surface area contributed by atoms with Gasteiger partial charge in [0.1, 0.15) is 0 Å². The molecule has 0 unspecified atom stereocenters. The van der Waals surface area contributed by atoms with Gasteiger partial charge in [0.25, 0.3) is 5.56 Å². The van der Waals surface area contributed by atoms with Crippen LogP contribution in [-0.4, -0.2) is 53.7 Å². The molecule has 18 heavy (non-hydrogen) atoms. The molecule has 2 heterocycles. The number of likely N-dealkylation sites (N-methyl/N-ethyl adjacent to an activating group) is 1. The van der Waals surface area contributed by atoms with E-state index in [2.05, 4.69) is 34.6 Å². The third kappa shape index (κ3) is 3.26. The normalized spacial score (nSPS) is 17.1. The lowest BCUT2D eigenvalue weighted by Gasteiger charge is -2.33. The fourth-order valence-electron chi connectivity index (χ4n) is 2.05. The number of hydrogen-bond acceptors (Lipinski definition) is 5. The maximum absolute atomic E-state index is 11.9. The molecule has 1 aromatic heterocycles. The van der Waals surface area contributed by atoms with Gasteiger partial charge in [-0.3, -0.25) is 4.79 Å². The molecule has 6 heteroatoms. The second-order valence-corrected chi connectivity index (χ2v) is 5.09. The number of piperazine rings is 1. The van der Waals surface area contributed by atoms with Crippen LogP contribution >= 0.6 is 12.6 Å². The molecule has 0 amide bonds. The Morgan fingerprint density at radius 2 is 2.06 bits per heavy atom. The van der Waals surface area contributed by atoms with Crippen LogP contribution in [0.5, 0.6) is 0 Å². The fourth-order valence-corrected chi connectivity index (χ4v) is 2.19. The molecule has 2 rings (SSSR count). The van der Waals surface area contributed by atoms with E-state index in [9.17, 15) is 4.79 Å². The van der Waals surface area contributed by atoms with Crippen molar-refractivity contribution >= 4 is 18.3 Å². The molecule has 0 atom stereocenters. The summed E-state index contributed by atoms with van der Waals surface area (Å²) in [6.45, 7) is 4.62. The van der Waals surface area contributed by atoms with Crippen molar-refractivity contribution in [3.63, 3.8) is 0 Å². The van der Waals surface area contributed by atoms with Crippen LogP contribution in [0.2, 0.25) is 0 Å². The molecule has 1 aliphatic heterocycles. The lowest BCUT2D eigenvalue weighted by Crippen LogP contribution is -2.45. The quantitative estimate of drug-likeness (QED) is 0.798. The van der Waals surface area contributed by atoms with Crippen molar-refractivity contribution in [1.82, 2.24) is 14.7 Å². The van der Waals surface area contributed by atoms with Gasteiger partial charge >= 0.3 is 0 Å². The predicted molar refractivity (Wildman–Crippen MR) is 76.7 cm³/mol. The average Bonchev–Trinajstić information content (AvgIpc) is 2.38. The Morgan fingerprint density at radius 3 is 2.67 bits per heavy atom. The Morgan fingerprint density at radius 1 is 1.33 bits per heavy atom. The van der Waals surface area contributed by atoms with Crippen LogP contribution in [0.1, 0.15) is 6.42 Å². The summed E-state index contributed by atoms with van der Waals surface area (Å²) in [6.07, 6.45) is 2.66. The molecule has 1 aromatic rings. The van der Waals surface area contributed by atoms with E-state index in [0.29, 0.717) is 6.54 Å². The predicted octanol–water partition coefficient (Wildman–Crippen LogP) is 0.315. The molecule has 0 N–H and O–H groups in total. The maximum atomic E-state index is 11.9. The van der Waals surface area contributed by atoms with Crippen molar-refractivity contribution in [3.05, 3.63) is 22.6 Å². The molecule has 1 fully saturated rings. The lowest BCUT2D eigenvalue weighted by atomic mass is 10.3. The van der Waals surface area contributed by atoms with E-state index < -0.39 is 0 Å². The highest BCUT2D eigenvalue weighted by Crippen LogP contribution is 2.12. The number of hydrogen-bond donors (Lipinski definition) is 1. The SMILES string of the molecule is CN1CCN(c2cnn(CCCS)c(=O)c2)CC1. The number of nitrogens with zero attached hydrogens (tertiary/aromatic N) is 4. The molecule has 0 bridgehead atoms. The van der Waals surface area contributed by atoms with Crippen molar-refractivity contribution in [2.75, 3.05) is 43.9 Å². The molecular formula is C12H20N4OS. The van der Waals surface area contributed by atoms with Gasteiger partial charge in [0.05, 0.1) is 11.9 Å². The number of anilines is 1. The Kier molecular flexibility index (Phi) is 4.66. The van der Waals surface area contributed by atoms with Gasteiger partial charge < -0.3 is 9.80 Å². The summed E-state index contributed by atoms with van der Waals surface area (Å²) in [6, 6.07) is 1.69. The monoisotopic (exact) mass is 268 g/mol. The van der Waals surface area contributed by atoms with Gasteiger partial charge in [0.2, 0.25) is 0 Å². The third-order valence-electron chi connectivity index (χ3n) is 3.25. The summed E-state index contributed by atoms with van der Waals surface area (Å²) in [5.41, 5.74) is 0.920. The Bertz CT molecular complexity index is 440. The molecule has 1 saturated heterocycles. The van der Waals surface area contributed by atoms with E-state index in [4.69, 9.17) is 0 Å². The molecule has 100 valence electrons. The number of rotatable bonds is 4. The van der Waals surface area contributed by atoms with E-state index in [1.54, 1.807) is 12.3 Å². The van der Waals surface area contributed by atoms with E-state index in [1.807, 2.05) is 0 Å². The third-order valence-corrected chi connectivity index (χ3v) is 3.57. The largest absolute Gasteiger partial charge is 0.368 e. The second kappa shape index (κ2) is 6.24. The first-order valence-corrected chi connectivity index (χ1v) is 6.95. The van der Waals surface area contributed by atoms with Crippen molar-refractivity contribution in [2.45, 2.75) is 13.0 Å². The highest BCUT2D eigenvalue weighted by Gasteiger charge is 2.15. The zero-order valence-corrected chi connectivity index (χ0v) is 11.6. The second-order valence-electron chi connectivity index (χ2n) is 4.64. The van der Waals surface area contributed by atoms with Crippen LogP contribution < -0.4 is 10.5 Å². The van der Waals surface area contributed by atoms with Crippen molar-refractivity contribution in [3.8, 4) is 0 Å². The zero-order valence-electron chi connectivity index (χ0n) is 10.7. The average molecular weight is 268 g/mol. The van der Waals surface area contributed by atoms with Gasteiger partial charge in [0, 0.05) is 38.8 Å². The van der Waals surface area contributed by atoms with Gasteiger partial charge in [-0.2, -0.15) is 17.7 Å². The van der Waals surface area contributed by atoms with Crippen LogP contribution in [0.25, 0.3) is 0 Å². The number of aryl methyl sites for hydroxylation is 1. The highest BCUT2D eigenvalue weighted by molar-refractivity contribution is 7.80. The topological polar surface area (TPSA) is 41.4 Å². The van der Waals surface area contributed by atoms with E-state index >= 15 is 0 Å². The Hall–Kier alpha value is -1.01. The van der Waals surface area contributed by atoms with E-state index in [0.717, 1.165) is 44.0 Å². The summed E-state index contributed by atoms with van der Waals surface area (Å²) < 4.78 is 1.51. The van der Waals surface area contributed by atoms with Gasteiger partial charge in [-0.25, -0.2) is 4.68 Å². The number of thiol groups is 1. The highest BCUT2D eigenvalue weighted by atomic mass is 32.1. The summed E-state index contributed by atoms with van der Waals surface area (Å²) in [5.74, 6) is 0.772. The van der Waals surface area contributed by atoms with E-state index in [1.165, 1.54) is 4.68 Å². The molecule has 0 aromatic carbocycles. The maximum Gasteiger partial charge on any atom is 0.268 e. The summed E-state index contributed by atoms with van der Waals surface area (Å²) in [7, 11) is 2.12. The van der Waals surface area contributed by atoms with Crippen molar-refractivity contribution in [1.29, 1.82) is 0 Å². The van der Waals surface area contributed by atoms with Crippen LogP contribution in [0.4, 0.5) is 5.69 Å². The van der Waals surface area contributed by atoms with Gasteiger partial charge in [0.15, 0.2) is 0 Å². The van der Waals surface area contributed by atoms with Crippen molar-refractivity contribution in [2.24, 2.45) is 0 Å². The summed E-state index contributed by atoms with van der Waals surface area (Å²) in [5, 5.41) is 4.22. The van der Waals surface area contributed by atoms with Crippen LogP contribution in [0, 0.1) is 0 Å². The first kappa shape index (κ1) is 13.4. The van der Waals surface area contributed by atoms with Gasteiger partial charge in [-0.15, -0.1) is 0 Å². The van der Waals surface area contributed by atoms with Gasteiger partial charge in [-0.05, 0) is 19.2 Å². The minimum atomic E-state index is -0.0202. The number of aromatic nitrogens is 2. The minimum Gasteiger partial charge on any atom is -0.368 e. The molecule has 0 aliphatic carbocycles.